The predicted molar refractivity (Wildman–Crippen MR) is 85.9 cm³/mol. The third kappa shape index (κ3) is 3.47. The topological polar surface area (TPSA) is 44.8 Å². The minimum absolute atomic E-state index is 0.194. The molecule has 0 atom stereocenters. The van der Waals surface area contributed by atoms with Crippen molar-refractivity contribution in [3.63, 3.8) is 0 Å². The highest BCUT2D eigenvalue weighted by Gasteiger charge is 2.18. The Morgan fingerprint density at radius 2 is 1.50 bits per heavy atom. The van der Waals surface area contributed by atoms with Gasteiger partial charge in [-0.3, -0.25) is 4.79 Å². The second-order valence-electron chi connectivity index (χ2n) is 4.52. The second-order valence-corrected chi connectivity index (χ2v) is 4.52. The van der Waals surface area contributed by atoms with Gasteiger partial charge in [-0.25, -0.2) is 0 Å². The first-order valence-electron chi connectivity index (χ1n) is 6.77. The Bertz CT molecular complexity index is 650. The van der Waals surface area contributed by atoms with Gasteiger partial charge >= 0.3 is 0 Å². The van der Waals surface area contributed by atoms with Gasteiger partial charge < -0.3 is 14.2 Å². The van der Waals surface area contributed by atoms with Crippen molar-refractivity contribution in [2.75, 3.05) is 21.3 Å². The average Bonchev–Trinajstić information content (AvgIpc) is 2.59. The van der Waals surface area contributed by atoms with E-state index in [-0.39, 0.29) is 5.78 Å². The van der Waals surface area contributed by atoms with Crippen LogP contribution in [-0.2, 0) is 0 Å². The van der Waals surface area contributed by atoms with Gasteiger partial charge in [-0.2, -0.15) is 0 Å². The summed E-state index contributed by atoms with van der Waals surface area (Å²) >= 11 is 0. The molecule has 0 saturated heterocycles. The van der Waals surface area contributed by atoms with E-state index in [1.165, 1.54) is 20.3 Å². The third-order valence-electron chi connectivity index (χ3n) is 3.19. The van der Waals surface area contributed by atoms with E-state index in [1.807, 2.05) is 30.3 Å². The lowest BCUT2D eigenvalue weighted by molar-refractivity contribution is 0.104. The summed E-state index contributed by atoms with van der Waals surface area (Å²) < 4.78 is 15.8. The van der Waals surface area contributed by atoms with Gasteiger partial charge in [-0.05, 0) is 11.6 Å². The van der Waals surface area contributed by atoms with Crippen LogP contribution in [0.4, 0.5) is 0 Å². The largest absolute Gasteiger partial charge is 0.496 e. The number of carbonyl (C=O) groups is 1. The third-order valence-corrected chi connectivity index (χ3v) is 3.19. The number of benzene rings is 2. The summed E-state index contributed by atoms with van der Waals surface area (Å²) in [5.41, 5.74) is 1.32. The molecule has 0 saturated carbocycles. The fourth-order valence-corrected chi connectivity index (χ4v) is 2.07. The van der Waals surface area contributed by atoms with Crippen LogP contribution in [0, 0.1) is 0 Å². The fraction of sp³-hybridized carbons (Fsp3) is 0.167. The molecule has 4 nitrogen and oxygen atoms in total. The van der Waals surface area contributed by atoms with Crippen LogP contribution in [0.1, 0.15) is 15.9 Å². The summed E-state index contributed by atoms with van der Waals surface area (Å²) in [6, 6.07) is 12.9. The van der Waals surface area contributed by atoms with Crippen LogP contribution in [0.5, 0.6) is 17.2 Å². The summed E-state index contributed by atoms with van der Waals surface area (Å²) in [6.07, 6.45) is 3.26. The summed E-state index contributed by atoms with van der Waals surface area (Å²) in [7, 11) is 4.56. The Hall–Kier alpha value is -2.75. The highest BCUT2D eigenvalue weighted by Crippen LogP contribution is 2.34. The normalized spacial score (nSPS) is 10.5. The van der Waals surface area contributed by atoms with Crippen LogP contribution in [0.3, 0.4) is 0 Å². The number of allylic oxidation sites excluding steroid dienone is 1. The average molecular weight is 298 g/mol. The molecule has 4 heteroatoms. The van der Waals surface area contributed by atoms with Crippen LogP contribution in [-0.4, -0.2) is 27.1 Å². The molecule has 2 aromatic rings. The molecule has 22 heavy (non-hydrogen) atoms. The quantitative estimate of drug-likeness (QED) is 0.603. The van der Waals surface area contributed by atoms with Crippen molar-refractivity contribution in [3.05, 3.63) is 59.7 Å². The first-order chi connectivity index (χ1) is 10.7. The predicted octanol–water partition coefficient (Wildman–Crippen LogP) is 3.61. The lowest BCUT2D eigenvalue weighted by Gasteiger charge is -2.13. The Balaban J connectivity index is 2.38. The van der Waals surface area contributed by atoms with Crippen LogP contribution >= 0.6 is 0 Å². The molecule has 0 bridgehead atoms. The molecule has 0 heterocycles. The van der Waals surface area contributed by atoms with Crippen molar-refractivity contribution in [2.45, 2.75) is 0 Å². The fourth-order valence-electron chi connectivity index (χ4n) is 2.07. The van der Waals surface area contributed by atoms with Gasteiger partial charge in [-0.15, -0.1) is 0 Å². The minimum atomic E-state index is -0.194. The molecule has 2 rings (SSSR count). The molecule has 0 aliphatic carbocycles. The van der Waals surface area contributed by atoms with E-state index in [1.54, 1.807) is 25.3 Å². The monoisotopic (exact) mass is 298 g/mol. The van der Waals surface area contributed by atoms with E-state index in [9.17, 15) is 4.79 Å². The van der Waals surface area contributed by atoms with E-state index >= 15 is 0 Å². The van der Waals surface area contributed by atoms with Gasteiger partial charge in [0.1, 0.15) is 22.8 Å². The van der Waals surface area contributed by atoms with E-state index < -0.39 is 0 Å². The van der Waals surface area contributed by atoms with Crippen molar-refractivity contribution in [1.82, 2.24) is 0 Å². The highest BCUT2D eigenvalue weighted by molar-refractivity contribution is 6.10. The SMILES string of the molecule is COc1cc(OC)c(C(=O)/C=C/c2ccccc2)c(OC)c1. The van der Waals surface area contributed by atoms with Gasteiger partial charge in [0.2, 0.25) is 0 Å². The van der Waals surface area contributed by atoms with Crippen molar-refractivity contribution in [2.24, 2.45) is 0 Å². The highest BCUT2D eigenvalue weighted by atomic mass is 16.5. The summed E-state index contributed by atoms with van der Waals surface area (Å²) in [4.78, 5) is 12.5. The molecule has 0 fully saturated rings. The lowest BCUT2D eigenvalue weighted by Crippen LogP contribution is -2.03. The Kier molecular flexibility index (Phi) is 5.20. The van der Waals surface area contributed by atoms with Crippen LogP contribution in [0.15, 0.2) is 48.5 Å². The molecule has 0 amide bonds. The molecule has 0 spiro atoms. The molecule has 0 aliphatic heterocycles. The second kappa shape index (κ2) is 7.31. The maximum atomic E-state index is 12.5. The zero-order chi connectivity index (χ0) is 15.9. The molecule has 0 unspecified atom stereocenters. The number of rotatable bonds is 6. The molecular weight excluding hydrogens is 280 g/mol. The van der Waals surface area contributed by atoms with Crippen LogP contribution in [0.2, 0.25) is 0 Å². The maximum absolute atomic E-state index is 12.5. The van der Waals surface area contributed by atoms with Crippen molar-refractivity contribution < 1.29 is 19.0 Å². The van der Waals surface area contributed by atoms with Gasteiger partial charge in [-0.1, -0.05) is 36.4 Å². The molecule has 2 aromatic carbocycles. The first-order valence-corrected chi connectivity index (χ1v) is 6.77. The van der Waals surface area contributed by atoms with Crippen molar-refractivity contribution in [1.29, 1.82) is 0 Å². The number of ketones is 1. The standard InChI is InChI=1S/C18H18O4/c1-20-14-11-16(21-2)18(17(12-14)22-3)15(19)10-9-13-7-5-4-6-8-13/h4-12H,1-3H3/b10-9+. The zero-order valence-electron chi connectivity index (χ0n) is 12.8. The van der Waals surface area contributed by atoms with Gasteiger partial charge in [0, 0.05) is 12.1 Å². The van der Waals surface area contributed by atoms with E-state index in [0.717, 1.165) is 5.56 Å². The Morgan fingerprint density at radius 1 is 0.909 bits per heavy atom. The minimum Gasteiger partial charge on any atom is -0.496 e. The van der Waals surface area contributed by atoms with E-state index in [4.69, 9.17) is 14.2 Å². The van der Waals surface area contributed by atoms with Crippen LogP contribution < -0.4 is 14.2 Å². The smallest absolute Gasteiger partial charge is 0.193 e. The van der Waals surface area contributed by atoms with Gasteiger partial charge in [0.15, 0.2) is 5.78 Å². The molecule has 0 aliphatic rings. The number of hydrogen-bond acceptors (Lipinski definition) is 4. The first kappa shape index (κ1) is 15.6. The Morgan fingerprint density at radius 3 is 2.00 bits per heavy atom. The molecule has 0 aromatic heterocycles. The summed E-state index contributed by atoms with van der Waals surface area (Å²) in [6.45, 7) is 0. The molecule has 0 N–H and O–H groups in total. The van der Waals surface area contributed by atoms with E-state index in [0.29, 0.717) is 22.8 Å². The summed E-state index contributed by atoms with van der Waals surface area (Å²) in [5.74, 6) is 1.20. The maximum Gasteiger partial charge on any atom is 0.193 e. The lowest BCUT2D eigenvalue weighted by atomic mass is 10.1. The number of hydrogen-bond donors (Lipinski definition) is 0. The van der Waals surface area contributed by atoms with Gasteiger partial charge in [0.05, 0.1) is 21.3 Å². The number of carbonyl (C=O) groups excluding carboxylic acids is 1. The molecule has 114 valence electrons. The zero-order valence-corrected chi connectivity index (χ0v) is 12.8. The molecule has 0 radical (unpaired) electrons. The number of methoxy groups -OCH3 is 3. The number of ether oxygens (including phenoxy) is 3. The van der Waals surface area contributed by atoms with Crippen LogP contribution in [0.25, 0.3) is 6.08 Å². The van der Waals surface area contributed by atoms with Gasteiger partial charge in [0.25, 0.3) is 0 Å². The van der Waals surface area contributed by atoms with E-state index in [2.05, 4.69) is 0 Å². The summed E-state index contributed by atoms with van der Waals surface area (Å²) in [5, 5.41) is 0. The van der Waals surface area contributed by atoms with Crippen molar-refractivity contribution >= 4 is 11.9 Å². The van der Waals surface area contributed by atoms with Crippen molar-refractivity contribution in [3.8, 4) is 17.2 Å². The Labute approximate surface area is 129 Å². The molecular formula is C18H18O4.